The fraction of sp³-hybridized carbons (Fsp3) is 0.786. The van der Waals surface area contributed by atoms with Crippen molar-refractivity contribution in [2.75, 3.05) is 40.1 Å². The highest BCUT2D eigenvalue weighted by Crippen LogP contribution is 2.05. The van der Waals surface area contributed by atoms with Crippen molar-refractivity contribution in [1.82, 2.24) is 10.5 Å². The minimum Gasteiger partial charge on any atom is -0.385 e. The van der Waals surface area contributed by atoms with E-state index in [1.807, 2.05) is 6.07 Å². The van der Waals surface area contributed by atoms with Crippen molar-refractivity contribution in [2.45, 2.75) is 32.9 Å². The average molecular weight is 286 g/mol. The number of methoxy groups -OCH3 is 1. The van der Waals surface area contributed by atoms with Gasteiger partial charge in [-0.25, -0.2) is 0 Å². The van der Waals surface area contributed by atoms with Crippen LogP contribution in [-0.2, 0) is 27.4 Å². The Hall–Kier alpha value is -0.950. The summed E-state index contributed by atoms with van der Waals surface area (Å²) >= 11 is 0. The SMILES string of the molecule is CCCNCc1cc(COCCOCCCOC)on1. The number of ether oxygens (including phenoxy) is 3. The number of aromatic nitrogens is 1. The van der Waals surface area contributed by atoms with Crippen LogP contribution in [0.3, 0.4) is 0 Å². The van der Waals surface area contributed by atoms with E-state index < -0.39 is 0 Å². The minimum atomic E-state index is 0.433. The third kappa shape index (κ3) is 8.27. The molecular formula is C14H26N2O4. The molecule has 0 fully saturated rings. The van der Waals surface area contributed by atoms with Crippen LogP contribution >= 0.6 is 0 Å². The molecule has 0 saturated carbocycles. The molecule has 20 heavy (non-hydrogen) atoms. The lowest BCUT2D eigenvalue weighted by Crippen LogP contribution is -2.13. The molecule has 0 aliphatic heterocycles. The van der Waals surface area contributed by atoms with Gasteiger partial charge < -0.3 is 24.1 Å². The van der Waals surface area contributed by atoms with Crippen LogP contribution in [0.4, 0.5) is 0 Å². The van der Waals surface area contributed by atoms with Crippen molar-refractivity contribution < 1.29 is 18.7 Å². The molecule has 0 aliphatic rings. The van der Waals surface area contributed by atoms with E-state index in [0.717, 1.165) is 44.0 Å². The average Bonchev–Trinajstić information content (AvgIpc) is 2.90. The van der Waals surface area contributed by atoms with E-state index >= 15 is 0 Å². The predicted octanol–water partition coefficient (Wildman–Crippen LogP) is 1.74. The minimum absolute atomic E-state index is 0.433. The van der Waals surface area contributed by atoms with Crippen molar-refractivity contribution in [1.29, 1.82) is 0 Å². The topological polar surface area (TPSA) is 65.8 Å². The summed E-state index contributed by atoms with van der Waals surface area (Å²) in [6.45, 7) is 6.86. The van der Waals surface area contributed by atoms with Gasteiger partial charge in [-0.3, -0.25) is 0 Å². The normalized spacial score (nSPS) is 11.1. The van der Waals surface area contributed by atoms with Crippen molar-refractivity contribution in [2.24, 2.45) is 0 Å². The molecule has 0 radical (unpaired) electrons. The van der Waals surface area contributed by atoms with Gasteiger partial charge in [-0.05, 0) is 19.4 Å². The third-order valence-electron chi connectivity index (χ3n) is 2.59. The van der Waals surface area contributed by atoms with Crippen LogP contribution in [0.15, 0.2) is 10.6 Å². The molecule has 0 aliphatic carbocycles. The van der Waals surface area contributed by atoms with Gasteiger partial charge in [0.1, 0.15) is 6.61 Å². The lowest BCUT2D eigenvalue weighted by Gasteiger charge is -2.03. The first-order chi connectivity index (χ1) is 9.86. The van der Waals surface area contributed by atoms with Crippen molar-refractivity contribution >= 4 is 0 Å². The lowest BCUT2D eigenvalue weighted by molar-refractivity contribution is 0.0272. The smallest absolute Gasteiger partial charge is 0.162 e. The molecule has 0 saturated heterocycles. The van der Waals surface area contributed by atoms with Gasteiger partial charge in [-0.2, -0.15) is 0 Å². The molecular weight excluding hydrogens is 260 g/mol. The Labute approximate surface area is 120 Å². The van der Waals surface area contributed by atoms with Crippen LogP contribution < -0.4 is 5.32 Å². The van der Waals surface area contributed by atoms with Gasteiger partial charge >= 0.3 is 0 Å². The number of nitrogens with one attached hydrogen (secondary N) is 1. The summed E-state index contributed by atoms with van der Waals surface area (Å²) < 4.78 is 20.9. The van der Waals surface area contributed by atoms with E-state index in [2.05, 4.69) is 17.4 Å². The monoisotopic (exact) mass is 286 g/mol. The van der Waals surface area contributed by atoms with Crippen LogP contribution in [0.25, 0.3) is 0 Å². The molecule has 1 aromatic rings. The zero-order valence-corrected chi connectivity index (χ0v) is 12.5. The molecule has 0 unspecified atom stereocenters. The summed E-state index contributed by atoms with van der Waals surface area (Å²) in [6.07, 6.45) is 2.02. The van der Waals surface area contributed by atoms with Gasteiger partial charge in [0.25, 0.3) is 0 Å². The number of hydrogen-bond donors (Lipinski definition) is 1. The zero-order chi connectivity index (χ0) is 14.5. The number of nitrogens with zero attached hydrogens (tertiary/aromatic N) is 1. The highest BCUT2D eigenvalue weighted by Gasteiger charge is 2.03. The van der Waals surface area contributed by atoms with E-state index in [0.29, 0.717) is 26.4 Å². The molecule has 1 N–H and O–H groups in total. The molecule has 0 bridgehead atoms. The molecule has 0 amide bonds. The second-order valence-electron chi connectivity index (χ2n) is 4.47. The maximum atomic E-state index is 5.45. The molecule has 0 spiro atoms. The van der Waals surface area contributed by atoms with Crippen LogP contribution in [0.2, 0.25) is 0 Å². The fourth-order valence-corrected chi connectivity index (χ4v) is 1.60. The largest absolute Gasteiger partial charge is 0.385 e. The summed E-state index contributed by atoms with van der Waals surface area (Å²) in [5.74, 6) is 0.748. The molecule has 1 rings (SSSR count). The Kier molecular flexibility index (Phi) is 10.1. The summed E-state index contributed by atoms with van der Waals surface area (Å²) in [5.41, 5.74) is 0.910. The van der Waals surface area contributed by atoms with E-state index in [9.17, 15) is 0 Å². The van der Waals surface area contributed by atoms with Crippen LogP contribution in [0.5, 0.6) is 0 Å². The van der Waals surface area contributed by atoms with Gasteiger partial charge in [0, 0.05) is 32.9 Å². The lowest BCUT2D eigenvalue weighted by atomic mass is 10.3. The summed E-state index contributed by atoms with van der Waals surface area (Å²) in [6, 6.07) is 1.92. The van der Waals surface area contributed by atoms with Crippen LogP contribution in [0.1, 0.15) is 31.2 Å². The highest BCUT2D eigenvalue weighted by molar-refractivity contribution is 5.04. The van der Waals surface area contributed by atoms with E-state index in [1.54, 1.807) is 7.11 Å². The molecule has 116 valence electrons. The van der Waals surface area contributed by atoms with Gasteiger partial charge in [-0.1, -0.05) is 12.1 Å². The maximum Gasteiger partial charge on any atom is 0.162 e. The Balaban J connectivity index is 1.99. The first-order valence-electron chi connectivity index (χ1n) is 7.16. The predicted molar refractivity (Wildman–Crippen MR) is 75.5 cm³/mol. The van der Waals surface area contributed by atoms with Crippen LogP contribution in [-0.4, -0.2) is 45.2 Å². The number of hydrogen-bond acceptors (Lipinski definition) is 6. The summed E-state index contributed by atoms with van der Waals surface area (Å²) in [7, 11) is 1.69. The Morgan fingerprint density at radius 2 is 2.05 bits per heavy atom. The van der Waals surface area contributed by atoms with E-state index in [1.165, 1.54) is 0 Å². The second kappa shape index (κ2) is 11.8. The summed E-state index contributed by atoms with van der Waals surface area (Å²) in [5, 5.41) is 7.25. The van der Waals surface area contributed by atoms with Gasteiger partial charge in [0.15, 0.2) is 5.76 Å². The molecule has 6 heteroatoms. The Morgan fingerprint density at radius 1 is 1.20 bits per heavy atom. The van der Waals surface area contributed by atoms with Gasteiger partial charge in [0.05, 0.1) is 18.9 Å². The molecule has 0 atom stereocenters. The second-order valence-corrected chi connectivity index (χ2v) is 4.47. The van der Waals surface area contributed by atoms with Crippen LogP contribution in [0, 0.1) is 0 Å². The molecule has 1 aromatic heterocycles. The van der Waals surface area contributed by atoms with E-state index in [4.69, 9.17) is 18.7 Å². The first-order valence-corrected chi connectivity index (χ1v) is 7.16. The van der Waals surface area contributed by atoms with Crippen molar-refractivity contribution in [3.63, 3.8) is 0 Å². The fourth-order valence-electron chi connectivity index (χ4n) is 1.60. The molecule has 1 heterocycles. The molecule has 6 nitrogen and oxygen atoms in total. The Bertz CT molecular complexity index is 331. The first kappa shape index (κ1) is 17.1. The Morgan fingerprint density at radius 3 is 2.85 bits per heavy atom. The van der Waals surface area contributed by atoms with E-state index in [-0.39, 0.29) is 0 Å². The zero-order valence-electron chi connectivity index (χ0n) is 12.5. The van der Waals surface area contributed by atoms with Crippen molar-refractivity contribution in [3.05, 3.63) is 17.5 Å². The van der Waals surface area contributed by atoms with Gasteiger partial charge in [-0.15, -0.1) is 0 Å². The standard InChI is InChI=1S/C14H26N2O4/c1-3-5-15-11-13-10-14(20-16-13)12-19-9-8-18-7-4-6-17-2/h10,15H,3-9,11-12H2,1-2H3. The molecule has 0 aromatic carbocycles. The summed E-state index contributed by atoms with van der Waals surface area (Å²) in [4.78, 5) is 0. The van der Waals surface area contributed by atoms with Gasteiger partial charge in [0.2, 0.25) is 0 Å². The van der Waals surface area contributed by atoms with Crippen molar-refractivity contribution in [3.8, 4) is 0 Å². The maximum absolute atomic E-state index is 5.45. The third-order valence-corrected chi connectivity index (χ3v) is 2.59. The quantitative estimate of drug-likeness (QED) is 0.557. The number of rotatable bonds is 13. The highest BCUT2D eigenvalue weighted by atomic mass is 16.5.